The van der Waals surface area contributed by atoms with Crippen molar-refractivity contribution < 1.29 is 0 Å². The molecule has 0 saturated heterocycles. The van der Waals surface area contributed by atoms with Crippen molar-refractivity contribution in [3.8, 4) is 0 Å². The van der Waals surface area contributed by atoms with Gasteiger partial charge in [-0.05, 0) is 19.6 Å². The monoisotopic (exact) mass is 169 g/mol. The normalized spacial score (nSPS) is 5.40. The van der Waals surface area contributed by atoms with E-state index in [0.29, 0.717) is 0 Å². The maximum Gasteiger partial charge on any atom is -0.0106 e. The van der Waals surface area contributed by atoms with Gasteiger partial charge in [-0.25, -0.2) is 0 Å². The molecule has 6 N–H and O–H groups in total. The zero-order valence-corrected chi connectivity index (χ0v) is 8.97. The Hall–Kier alpha value is 0.310. The zero-order valence-electron chi connectivity index (χ0n) is 7.56. The summed E-state index contributed by atoms with van der Waals surface area (Å²) in [5.74, 6) is 0. The molecule has 0 rings (SSSR count). The molecule has 10 heavy (non-hydrogen) atoms. The average molecular weight is 169 g/mol. The topological polar surface area (TPSA) is 78.1 Å². The van der Waals surface area contributed by atoms with Crippen LogP contribution in [0.3, 0.4) is 0 Å². The Morgan fingerprint density at radius 1 is 0.700 bits per heavy atom. The highest BCUT2D eigenvalue weighted by atomic mass is 31.0. The van der Waals surface area contributed by atoms with Crippen LogP contribution in [0.25, 0.3) is 0 Å². The third-order valence-electron chi connectivity index (χ3n) is 0. The molecule has 0 spiro atoms. The summed E-state index contributed by atoms with van der Waals surface area (Å²) >= 11 is 0. The molecular formula is C6H24N3P. The molecular weight excluding hydrogens is 145 g/mol. The van der Waals surface area contributed by atoms with Crippen LogP contribution in [-0.4, -0.2) is 19.6 Å². The van der Waals surface area contributed by atoms with Crippen LogP contribution in [0.15, 0.2) is 0 Å². The van der Waals surface area contributed by atoms with Gasteiger partial charge in [-0.1, -0.05) is 20.8 Å². The summed E-state index contributed by atoms with van der Waals surface area (Å²) in [6.07, 6.45) is 0. The van der Waals surface area contributed by atoms with Gasteiger partial charge in [0.25, 0.3) is 0 Å². The van der Waals surface area contributed by atoms with Crippen molar-refractivity contribution in [1.29, 1.82) is 0 Å². The second-order valence-electron chi connectivity index (χ2n) is 1.22. The van der Waals surface area contributed by atoms with Crippen molar-refractivity contribution in [3.63, 3.8) is 0 Å². The van der Waals surface area contributed by atoms with E-state index in [1.165, 1.54) is 0 Å². The van der Waals surface area contributed by atoms with Gasteiger partial charge in [0.15, 0.2) is 0 Å². The van der Waals surface area contributed by atoms with E-state index < -0.39 is 0 Å². The van der Waals surface area contributed by atoms with Gasteiger partial charge < -0.3 is 17.2 Å². The molecule has 0 bridgehead atoms. The highest BCUT2D eigenvalue weighted by molar-refractivity contribution is 6.92. The fourth-order valence-electron chi connectivity index (χ4n) is 0. The minimum atomic E-state index is 0. The smallest absolute Gasteiger partial charge is 0.0106 e. The first-order chi connectivity index (χ1) is 4.24. The number of hydrogen-bond acceptors (Lipinski definition) is 3. The molecule has 0 aliphatic carbocycles. The minimum Gasteiger partial charge on any atom is -0.331 e. The highest BCUT2D eigenvalue weighted by Gasteiger charge is 1.33. The van der Waals surface area contributed by atoms with Gasteiger partial charge in [-0.2, -0.15) is 9.90 Å². The zero-order chi connectivity index (χ0) is 8.12. The second kappa shape index (κ2) is 58.7. The van der Waals surface area contributed by atoms with Gasteiger partial charge in [-0.3, -0.25) is 0 Å². The lowest BCUT2D eigenvalue weighted by atomic mass is 10.8. The molecule has 0 aromatic rings. The van der Waals surface area contributed by atoms with Crippen LogP contribution in [0.1, 0.15) is 20.8 Å². The summed E-state index contributed by atoms with van der Waals surface area (Å²) < 4.78 is 0. The first kappa shape index (κ1) is 22.4. The summed E-state index contributed by atoms with van der Waals surface area (Å²) in [5, 5.41) is 0. The lowest BCUT2D eigenvalue weighted by Gasteiger charge is -1.53. The molecule has 0 amide bonds. The fourth-order valence-corrected chi connectivity index (χ4v) is 0. The SMILES string of the molecule is CCN.CCN.CCN.P. The Morgan fingerprint density at radius 3 is 0.700 bits per heavy atom. The molecule has 1 atom stereocenters. The van der Waals surface area contributed by atoms with Crippen LogP contribution < -0.4 is 17.2 Å². The van der Waals surface area contributed by atoms with Gasteiger partial charge in [0.1, 0.15) is 0 Å². The predicted molar refractivity (Wildman–Crippen MR) is 55.3 cm³/mol. The van der Waals surface area contributed by atoms with E-state index in [-0.39, 0.29) is 9.90 Å². The van der Waals surface area contributed by atoms with Crippen LogP contribution in [0.4, 0.5) is 0 Å². The number of rotatable bonds is 0. The molecule has 68 valence electrons. The summed E-state index contributed by atoms with van der Waals surface area (Å²) in [6, 6.07) is 0. The third-order valence-corrected chi connectivity index (χ3v) is 0. The van der Waals surface area contributed by atoms with E-state index in [2.05, 4.69) is 0 Å². The molecule has 0 aromatic carbocycles. The van der Waals surface area contributed by atoms with Crippen molar-refractivity contribution >= 4 is 9.90 Å². The lowest BCUT2D eigenvalue weighted by molar-refractivity contribution is 1.14. The van der Waals surface area contributed by atoms with Crippen molar-refractivity contribution in [2.24, 2.45) is 17.2 Å². The van der Waals surface area contributed by atoms with Gasteiger partial charge in [0.2, 0.25) is 0 Å². The predicted octanol–water partition coefficient (Wildman–Crippen LogP) is -0.0469. The quantitative estimate of drug-likeness (QED) is 0.445. The molecule has 0 fully saturated rings. The van der Waals surface area contributed by atoms with E-state index in [0.717, 1.165) is 19.6 Å². The van der Waals surface area contributed by atoms with Crippen LogP contribution in [0, 0.1) is 0 Å². The third kappa shape index (κ3) is 4620. The van der Waals surface area contributed by atoms with Crippen molar-refractivity contribution in [2.45, 2.75) is 20.8 Å². The Morgan fingerprint density at radius 2 is 0.700 bits per heavy atom. The highest BCUT2D eigenvalue weighted by Crippen LogP contribution is 1.20. The maximum atomic E-state index is 4.85. The number of hydrogen-bond donors (Lipinski definition) is 3. The van der Waals surface area contributed by atoms with E-state index in [4.69, 9.17) is 17.2 Å². The van der Waals surface area contributed by atoms with Gasteiger partial charge in [0.05, 0.1) is 0 Å². The molecule has 1 unspecified atom stereocenters. The Kier molecular flexibility index (Phi) is 132. The van der Waals surface area contributed by atoms with Crippen LogP contribution in [0.2, 0.25) is 0 Å². The largest absolute Gasteiger partial charge is 0.331 e. The summed E-state index contributed by atoms with van der Waals surface area (Å²) in [5.41, 5.74) is 14.5. The first-order valence-electron chi connectivity index (χ1n) is 3.35. The minimum absolute atomic E-state index is 0. The molecule has 4 heteroatoms. The van der Waals surface area contributed by atoms with Gasteiger partial charge in [-0.15, -0.1) is 0 Å². The Bertz CT molecular complexity index is 17.7. The van der Waals surface area contributed by atoms with E-state index in [9.17, 15) is 0 Å². The lowest BCUT2D eigenvalue weighted by Crippen LogP contribution is -1.87. The van der Waals surface area contributed by atoms with Crippen LogP contribution >= 0.6 is 9.90 Å². The summed E-state index contributed by atoms with van der Waals surface area (Å²) in [4.78, 5) is 0. The van der Waals surface area contributed by atoms with Crippen LogP contribution in [0.5, 0.6) is 0 Å². The van der Waals surface area contributed by atoms with Crippen molar-refractivity contribution in [1.82, 2.24) is 0 Å². The first-order valence-corrected chi connectivity index (χ1v) is 3.35. The van der Waals surface area contributed by atoms with Crippen molar-refractivity contribution in [3.05, 3.63) is 0 Å². The second-order valence-corrected chi connectivity index (χ2v) is 1.22. The van der Waals surface area contributed by atoms with E-state index in [1.807, 2.05) is 20.8 Å². The van der Waals surface area contributed by atoms with Gasteiger partial charge >= 0.3 is 0 Å². The van der Waals surface area contributed by atoms with Gasteiger partial charge in [0, 0.05) is 0 Å². The van der Waals surface area contributed by atoms with E-state index in [1.54, 1.807) is 0 Å². The molecule has 0 radical (unpaired) electrons. The Balaban J connectivity index is -0.0000000257. The standard InChI is InChI=1S/3C2H7N.H3P/c3*1-2-3;/h3*2-3H2,1H3;1H3. The molecule has 0 aromatic heterocycles. The fraction of sp³-hybridized carbons (Fsp3) is 1.00. The summed E-state index contributed by atoms with van der Waals surface area (Å²) in [6.45, 7) is 7.96. The molecule has 0 aliphatic rings. The Labute approximate surface area is 68.3 Å². The van der Waals surface area contributed by atoms with Crippen LogP contribution in [-0.2, 0) is 0 Å². The van der Waals surface area contributed by atoms with E-state index >= 15 is 0 Å². The summed E-state index contributed by atoms with van der Waals surface area (Å²) in [7, 11) is 0. The van der Waals surface area contributed by atoms with Crippen molar-refractivity contribution in [2.75, 3.05) is 19.6 Å². The molecule has 3 nitrogen and oxygen atoms in total. The number of nitrogens with two attached hydrogens (primary N) is 3. The average Bonchev–Trinajstić information content (AvgIpc) is 1.70. The molecule has 0 heterocycles. The molecule has 0 saturated carbocycles. The maximum absolute atomic E-state index is 4.85. The molecule has 0 aliphatic heterocycles.